The van der Waals surface area contributed by atoms with E-state index >= 15 is 0 Å². The maximum atomic E-state index is 13.1. The van der Waals surface area contributed by atoms with Gasteiger partial charge in [0.15, 0.2) is 0 Å². The second kappa shape index (κ2) is 7.21. The van der Waals surface area contributed by atoms with Crippen molar-refractivity contribution in [2.45, 2.75) is 52.6 Å². The van der Waals surface area contributed by atoms with E-state index in [1.54, 1.807) is 6.20 Å². The molecule has 1 unspecified atom stereocenters. The van der Waals surface area contributed by atoms with Crippen LogP contribution in [0.15, 0.2) is 18.3 Å². The smallest absolute Gasteiger partial charge is 0.257 e. The highest BCUT2D eigenvalue weighted by atomic mass is 16.2. The van der Waals surface area contributed by atoms with E-state index < -0.39 is 0 Å². The second-order valence-electron chi connectivity index (χ2n) is 6.90. The van der Waals surface area contributed by atoms with Gasteiger partial charge in [-0.3, -0.25) is 4.79 Å². The Kier molecular flexibility index (Phi) is 5.01. The number of nitrogens with zero attached hydrogens (tertiary/aromatic N) is 5. The molecule has 7 heteroatoms. The highest BCUT2D eigenvalue weighted by Gasteiger charge is 2.28. The van der Waals surface area contributed by atoms with E-state index in [4.69, 9.17) is 0 Å². The molecule has 0 radical (unpaired) electrons. The van der Waals surface area contributed by atoms with Crippen LogP contribution in [-0.2, 0) is 0 Å². The van der Waals surface area contributed by atoms with Gasteiger partial charge in [0.25, 0.3) is 5.91 Å². The Hall–Kier alpha value is -2.44. The van der Waals surface area contributed by atoms with E-state index in [1.807, 2.05) is 49.4 Å². The van der Waals surface area contributed by atoms with Crippen LogP contribution >= 0.6 is 0 Å². The lowest BCUT2D eigenvalue weighted by molar-refractivity contribution is 0.0672. The van der Waals surface area contributed by atoms with Crippen LogP contribution in [0, 0.1) is 13.8 Å². The number of aryl methyl sites for hydroxylation is 2. The highest BCUT2D eigenvalue weighted by Crippen LogP contribution is 2.25. The van der Waals surface area contributed by atoms with Crippen molar-refractivity contribution >= 4 is 11.7 Å². The van der Waals surface area contributed by atoms with Crippen LogP contribution in [0.25, 0.3) is 0 Å². The molecule has 1 aliphatic rings. The molecule has 3 rings (SSSR count). The van der Waals surface area contributed by atoms with Gasteiger partial charge in [-0.25, -0.2) is 14.6 Å². The summed E-state index contributed by atoms with van der Waals surface area (Å²) in [4.78, 5) is 23.7. The van der Waals surface area contributed by atoms with Crippen LogP contribution in [0.2, 0.25) is 0 Å². The molecule has 0 aromatic carbocycles. The van der Waals surface area contributed by atoms with Gasteiger partial charge in [0.2, 0.25) is 0 Å². The van der Waals surface area contributed by atoms with Crippen molar-refractivity contribution in [3.8, 4) is 0 Å². The molecular weight excluding hydrogens is 316 g/mol. The van der Waals surface area contributed by atoms with E-state index in [2.05, 4.69) is 20.4 Å². The van der Waals surface area contributed by atoms with E-state index in [0.717, 1.165) is 31.0 Å². The summed E-state index contributed by atoms with van der Waals surface area (Å²) in [6.07, 6.45) is 3.68. The van der Waals surface area contributed by atoms with Crippen molar-refractivity contribution in [2.24, 2.45) is 0 Å². The summed E-state index contributed by atoms with van der Waals surface area (Å²) < 4.78 is 1.96. The molecular formula is C18H26N6O. The van der Waals surface area contributed by atoms with Gasteiger partial charge in [-0.05, 0) is 52.7 Å². The largest absolute Gasteiger partial charge is 0.367 e. The average molecular weight is 342 g/mol. The molecule has 0 saturated carbocycles. The van der Waals surface area contributed by atoms with Gasteiger partial charge in [-0.2, -0.15) is 5.10 Å². The van der Waals surface area contributed by atoms with Crippen molar-refractivity contribution in [1.82, 2.24) is 24.6 Å². The fourth-order valence-electron chi connectivity index (χ4n) is 3.36. The van der Waals surface area contributed by atoms with Crippen molar-refractivity contribution in [3.05, 3.63) is 35.5 Å². The fourth-order valence-corrected chi connectivity index (χ4v) is 3.36. The highest BCUT2D eigenvalue weighted by molar-refractivity contribution is 5.98. The summed E-state index contributed by atoms with van der Waals surface area (Å²) in [6.45, 7) is 9.35. The van der Waals surface area contributed by atoms with Crippen LogP contribution in [0.4, 0.5) is 5.82 Å². The number of carbonyl (C=O) groups excluding carboxylic acids is 1. The molecule has 1 N–H and O–H groups in total. The maximum Gasteiger partial charge on any atom is 0.257 e. The van der Waals surface area contributed by atoms with Gasteiger partial charge in [-0.15, -0.1) is 0 Å². The zero-order valence-corrected chi connectivity index (χ0v) is 15.4. The third-order valence-corrected chi connectivity index (χ3v) is 4.40. The number of piperidine rings is 1. The fraction of sp³-hybridized carbons (Fsp3) is 0.556. The lowest BCUT2D eigenvalue weighted by atomic mass is 10.0. The monoisotopic (exact) mass is 342 g/mol. The van der Waals surface area contributed by atoms with Gasteiger partial charge in [0.05, 0.1) is 11.6 Å². The van der Waals surface area contributed by atoms with Gasteiger partial charge < -0.3 is 10.2 Å². The summed E-state index contributed by atoms with van der Waals surface area (Å²) >= 11 is 0. The molecule has 1 atom stereocenters. The summed E-state index contributed by atoms with van der Waals surface area (Å²) in [7, 11) is 0. The number of aromatic nitrogens is 4. The number of hydrogen-bond donors (Lipinski definition) is 1. The molecule has 3 heterocycles. The predicted molar refractivity (Wildman–Crippen MR) is 96.7 cm³/mol. The molecule has 0 bridgehead atoms. The minimum absolute atomic E-state index is 0.0236. The van der Waals surface area contributed by atoms with Crippen molar-refractivity contribution in [1.29, 1.82) is 0 Å². The second-order valence-corrected chi connectivity index (χ2v) is 6.90. The van der Waals surface area contributed by atoms with Gasteiger partial charge >= 0.3 is 0 Å². The normalized spacial score (nSPS) is 17.8. The Labute approximate surface area is 148 Å². The summed E-state index contributed by atoms with van der Waals surface area (Å²) in [5.41, 5.74) is 0.628. The molecule has 1 amide bonds. The molecule has 1 fully saturated rings. The number of amides is 1. The molecule has 25 heavy (non-hydrogen) atoms. The molecule has 0 aliphatic carbocycles. The number of rotatable bonds is 4. The summed E-state index contributed by atoms with van der Waals surface area (Å²) in [5, 5.41) is 7.76. The van der Waals surface area contributed by atoms with Crippen molar-refractivity contribution in [3.63, 3.8) is 0 Å². The van der Waals surface area contributed by atoms with E-state index in [0.29, 0.717) is 17.9 Å². The summed E-state index contributed by atoms with van der Waals surface area (Å²) in [5.74, 6) is 2.35. The first-order valence-corrected chi connectivity index (χ1v) is 8.86. The molecule has 2 aromatic rings. The van der Waals surface area contributed by atoms with E-state index in [-0.39, 0.29) is 18.0 Å². The molecule has 1 aliphatic heterocycles. The minimum Gasteiger partial charge on any atom is -0.367 e. The SMILES string of the molecule is Cc1nc(C)n(C2CCCN(C(=O)c3cccnc3NC(C)C)C2)n1. The van der Waals surface area contributed by atoms with Crippen LogP contribution in [-0.4, -0.2) is 49.7 Å². The van der Waals surface area contributed by atoms with Crippen molar-refractivity contribution in [2.75, 3.05) is 18.4 Å². The van der Waals surface area contributed by atoms with Crippen molar-refractivity contribution < 1.29 is 4.79 Å². The van der Waals surface area contributed by atoms with Crippen LogP contribution in [0.1, 0.15) is 54.7 Å². The number of anilines is 1. The van der Waals surface area contributed by atoms with Crippen LogP contribution < -0.4 is 5.32 Å². The Morgan fingerprint density at radius 1 is 1.36 bits per heavy atom. The molecule has 134 valence electrons. The maximum absolute atomic E-state index is 13.1. The Balaban J connectivity index is 1.80. The topological polar surface area (TPSA) is 75.9 Å². The Morgan fingerprint density at radius 2 is 2.16 bits per heavy atom. The molecule has 7 nitrogen and oxygen atoms in total. The minimum atomic E-state index is 0.0236. The third kappa shape index (κ3) is 3.81. The van der Waals surface area contributed by atoms with Crippen LogP contribution in [0.3, 0.4) is 0 Å². The quantitative estimate of drug-likeness (QED) is 0.924. The standard InChI is InChI=1S/C18H26N6O/c1-12(2)20-17-16(8-5-9-19-17)18(25)23-10-6-7-15(11-23)24-14(4)21-13(3)22-24/h5,8-9,12,15H,6-7,10-11H2,1-4H3,(H,19,20). The number of hydrogen-bond acceptors (Lipinski definition) is 5. The van der Waals surface area contributed by atoms with E-state index in [9.17, 15) is 4.79 Å². The zero-order valence-electron chi connectivity index (χ0n) is 15.4. The third-order valence-electron chi connectivity index (χ3n) is 4.40. The molecule has 1 saturated heterocycles. The first kappa shape index (κ1) is 17.4. The number of likely N-dealkylation sites (tertiary alicyclic amines) is 1. The lowest BCUT2D eigenvalue weighted by Crippen LogP contribution is -2.41. The van der Waals surface area contributed by atoms with Crippen LogP contribution in [0.5, 0.6) is 0 Å². The number of pyridine rings is 1. The summed E-state index contributed by atoms with van der Waals surface area (Å²) in [6, 6.07) is 4.05. The Bertz CT molecular complexity index is 754. The molecule has 0 spiro atoms. The number of carbonyl (C=O) groups is 1. The lowest BCUT2D eigenvalue weighted by Gasteiger charge is -2.33. The van der Waals surface area contributed by atoms with E-state index in [1.165, 1.54) is 0 Å². The molecule has 2 aromatic heterocycles. The Morgan fingerprint density at radius 3 is 2.84 bits per heavy atom. The first-order chi connectivity index (χ1) is 12.0. The van der Waals surface area contributed by atoms with Gasteiger partial charge in [-0.1, -0.05) is 0 Å². The predicted octanol–water partition coefficient (Wildman–Crippen LogP) is 2.59. The first-order valence-electron chi connectivity index (χ1n) is 8.86. The van der Waals surface area contributed by atoms with Gasteiger partial charge in [0.1, 0.15) is 17.5 Å². The van der Waals surface area contributed by atoms with Gasteiger partial charge in [0, 0.05) is 25.3 Å². The average Bonchev–Trinajstić information content (AvgIpc) is 2.93. The zero-order chi connectivity index (χ0) is 18.0. The number of nitrogens with one attached hydrogen (secondary N) is 1.